The summed E-state index contributed by atoms with van der Waals surface area (Å²) in [6.45, 7) is 3.10. The summed E-state index contributed by atoms with van der Waals surface area (Å²) in [5.74, 6) is 0.667. The Bertz CT molecular complexity index is 380. The van der Waals surface area contributed by atoms with Gasteiger partial charge in [-0.05, 0) is 13.3 Å². The molecule has 0 aromatic carbocycles. The molecule has 7 heteroatoms. The predicted octanol–water partition coefficient (Wildman–Crippen LogP) is 0.612. The summed E-state index contributed by atoms with van der Waals surface area (Å²) in [7, 11) is 1.64. The van der Waals surface area contributed by atoms with E-state index >= 15 is 0 Å². The monoisotopic (exact) mass is 270 g/mol. The van der Waals surface area contributed by atoms with Gasteiger partial charge in [0.15, 0.2) is 5.16 Å². The van der Waals surface area contributed by atoms with Gasteiger partial charge >= 0.3 is 0 Å². The van der Waals surface area contributed by atoms with Gasteiger partial charge in [0.2, 0.25) is 5.91 Å². The van der Waals surface area contributed by atoms with E-state index in [0.29, 0.717) is 24.1 Å². The second kappa shape index (κ2) is 7.88. The third-order valence-corrected chi connectivity index (χ3v) is 2.88. The fourth-order valence-electron chi connectivity index (χ4n) is 1.25. The quantitative estimate of drug-likeness (QED) is 0.429. The number of amides is 1. The second-order valence-corrected chi connectivity index (χ2v) is 4.64. The number of hydrogen-bond acceptors (Lipinski definition) is 6. The SMILES string of the molecule is COCCCNC(=O)CSc1nc(C)cc(N)n1. The minimum Gasteiger partial charge on any atom is -0.385 e. The van der Waals surface area contributed by atoms with Gasteiger partial charge in [-0.1, -0.05) is 11.8 Å². The molecule has 0 radical (unpaired) electrons. The van der Waals surface area contributed by atoms with Crippen LogP contribution in [0.25, 0.3) is 0 Å². The number of carbonyl (C=O) groups is 1. The molecule has 1 rings (SSSR count). The molecule has 0 aliphatic carbocycles. The summed E-state index contributed by atoms with van der Waals surface area (Å²) >= 11 is 1.28. The Morgan fingerprint density at radius 1 is 1.56 bits per heavy atom. The lowest BCUT2D eigenvalue weighted by molar-refractivity contribution is -0.118. The highest BCUT2D eigenvalue weighted by Crippen LogP contribution is 2.14. The number of nitrogens with two attached hydrogens (primary N) is 1. The van der Waals surface area contributed by atoms with E-state index in [1.807, 2.05) is 6.92 Å². The Kier molecular flexibility index (Phi) is 6.45. The van der Waals surface area contributed by atoms with E-state index in [9.17, 15) is 4.79 Å². The fraction of sp³-hybridized carbons (Fsp3) is 0.545. The number of rotatable bonds is 7. The summed E-state index contributed by atoms with van der Waals surface area (Å²) in [6, 6.07) is 1.69. The summed E-state index contributed by atoms with van der Waals surface area (Å²) in [5.41, 5.74) is 6.40. The summed E-state index contributed by atoms with van der Waals surface area (Å²) in [4.78, 5) is 19.7. The molecule has 1 aromatic rings. The van der Waals surface area contributed by atoms with E-state index < -0.39 is 0 Å². The van der Waals surface area contributed by atoms with Crippen LogP contribution < -0.4 is 11.1 Å². The lowest BCUT2D eigenvalue weighted by Crippen LogP contribution is -2.26. The zero-order valence-corrected chi connectivity index (χ0v) is 11.4. The molecule has 0 aliphatic rings. The fourth-order valence-corrected chi connectivity index (χ4v) is 2.00. The summed E-state index contributed by atoms with van der Waals surface area (Å²) in [5, 5.41) is 3.32. The Balaban J connectivity index is 2.29. The van der Waals surface area contributed by atoms with Crippen LogP contribution in [-0.2, 0) is 9.53 Å². The molecular weight excluding hydrogens is 252 g/mol. The molecule has 0 saturated carbocycles. The van der Waals surface area contributed by atoms with Gasteiger partial charge < -0.3 is 15.8 Å². The molecule has 1 heterocycles. The Labute approximate surface area is 111 Å². The van der Waals surface area contributed by atoms with Crippen molar-refractivity contribution in [2.45, 2.75) is 18.5 Å². The average molecular weight is 270 g/mol. The lowest BCUT2D eigenvalue weighted by atomic mass is 10.4. The van der Waals surface area contributed by atoms with Gasteiger partial charge in [0.05, 0.1) is 5.75 Å². The first-order valence-corrected chi connectivity index (χ1v) is 6.60. The number of carbonyl (C=O) groups excluding carboxylic acids is 1. The molecule has 18 heavy (non-hydrogen) atoms. The molecule has 3 N–H and O–H groups in total. The van der Waals surface area contributed by atoms with Crippen molar-refractivity contribution in [3.8, 4) is 0 Å². The van der Waals surface area contributed by atoms with Gasteiger partial charge in [-0.25, -0.2) is 9.97 Å². The van der Waals surface area contributed by atoms with Crippen LogP contribution in [0.3, 0.4) is 0 Å². The first kappa shape index (κ1) is 14.7. The van der Waals surface area contributed by atoms with Crippen molar-refractivity contribution < 1.29 is 9.53 Å². The van der Waals surface area contributed by atoms with Gasteiger partial charge in [-0.15, -0.1) is 0 Å². The van der Waals surface area contributed by atoms with Crippen molar-refractivity contribution in [1.29, 1.82) is 0 Å². The number of aryl methyl sites for hydroxylation is 1. The van der Waals surface area contributed by atoms with Crippen LogP contribution in [0.2, 0.25) is 0 Å². The van der Waals surface area contributed by atoms with E-state index in [1.165, 1.54) is 11.8 Å². The molecule has 6 nitrogen and oxygen atoms in total. The number of nitrogens with zero attached hydrogens (tertiary/aromatic N) is 2. The Hall–Kier alpha value is -1.34. The lowest BCUT2D eigenvalue weighted by Gasteiger charge is -2.05. The number of anilines is 1. The summed E-state index contributed by atoms with van der Waals surface area (Å²) in [6.07, 6.45) is 0.806. The maximum atomic E-state index is 11.5. The third kappa shape index (κ3) is 5.83. The van der Waals surface area contributed by atoms with Gasteiger partial charge in [0.25, 0.3) is 0 Å². The molecule has 0 fully saturated rings. The first-order valence-electron chi connectivity index (χ1n) is 5.61. The molecule has 0 atom stereocenters. The van der Waals surface area contributed by atoms with E-state index in [-0.39, 0.29) is 11.7 Å². The number of ether oxygens (including phenoxy) is 1. The predicted molar refractivity (Wildman–Crippen MR) is 71.4 cm³/mol. The molecule has 0 bridgehead atoms. The molecule has 0 aliphatic heterocycles. The minimum absolute atomic E-state index is 0.0419. The number of nitrogen functional groups attached to an aromatic ring is 1. The molecule has 0 unspecified atom stereocenters. The zero-order chi connectivity index (χ0) is 13.4. The highest BCUT2D eigenvalue weighted by molar-refractivity contribution is 7.99. The highest BCUT2D eigenvalue weighted by Gasteiger charge is 2.05. The highest BCUT2D eigenvalue weighted by atomic mass is 32.2. The topological polar surface area (TPSA) is 90.1 Å². The standard InChI is InChI=1S/C11H18N4O2S/c1-8-6-9(12)15-11(14-8)18-7-10(16)13-4-3-5-17-2/h6H,3-5,7H2,1-2H3,(H,13,16)(H2,12,14,15). The van der Waals surface area contributed by atoms with Crippen molar-refractivity contribution >= 4 is 23.5 Å². The van der Waals surface area contributed by atoms with Crippen LogP contribution in [-0.4, -0.2) is 41.9 Å². The van der Waals surface area contributed by atoms with Crippen molar-refractivity contribution in [2.75, 3.05) is 31.7 Å². The molecule has 0 spiro atoms. The van der Waals surface area contributed by atoms with Crippen LogP contribution in [0, 0.1) is 6.92 Å². The van der Waals surface area contributed by atoms with Crippen LogP contribution in [0.4, 0.5) is 5.82 Å². The van der Waals surface area contributed by atoms with E-state index in [2.05, 4.69) is 15.3 Å². The van der Waals surface area contributed by atoms with Crippen molar-refractivity contribution in [3.05, 3.63) is 11.8 Å². The number of thioether (sulfide) groups is 1. The van der Waals surface area contributed by atoms with Crippen molar-refractivity contribution in [1.82, 2.24) is 15.3 Å². The maximum absolute atomic E-state index is 11.5. The van der Waals surface area contributed by atoms with E-state index in [1.54, 1.807) is 13.2 Å². The maximum Gasteiger partial charge on any atom is 0.230 e. The largest absolute Gasteiger partial charge is 0.385 e. The smallest absolute Gasteiger partial charge is 0.230 e. The van der Waals surface area contributed by atoms with Gasteiger partial charge in [0.1, 0.15) is 5.82 Å². The zero-order valence-electron chi connectivity index (χ0n) is 10.6. The Morgan fingerprint density at radius 2 is 2.33 bits per heavy atom. The molecule has 0 saturated heterocycles. The molecule has 1 aromatic heterocycles. The van der Waals surface area contributed by atoms with Crippen molar-refractivity contribution in [3.63, 3.8) is 0 Å². The van der Waals surface area contributed by atoms with Crippen molar-refractivity contribution in [2.24, 2.45) is 0 Å². The number of nitrogens with one attached hydrogen (secondary N) is 1. The molecular formula is C11H18N4O2S. The van der Waals surface area contributed by atoms with E-state index in [4.69, 9.17) is 10.5 Å². The second-order valence-electron chi connectivity index (χ2n) is 3.70. The average Bonchev–Trinajstić information content (AvgIpc) is 2.31. The normalized spacial score (nSPS) is 10.3. The van der Waals surface area contributed by atoms with Crippen LogP contribution in [0.15, 0.2) is 11.2 Å². The van der Waals surface area contributed by atoms with Crippen LogP contribution in [0.1, 0.15) is 12.1 Å². The van der Waals surface area contributed by atoms with Gasteiger partial charge in [0, 0.05) is 32.0 Å². The number of methoxy groups -OCH3 is 1. The molecule has 100 valence electrons. The number of hydrogen-bond donors (Lipinski definition) is 2. The number of aromatic nitrogens is 2. The summed E-state index contributed by atoms with van der Waals surface area (Å²) < 4.78 is 4.89. The Morgan fingerprint density at radius 3 is 3.00 bits per heavy atom. The molecule has 1 amide bonds. The van der Waals surface area contributed by atoms with Crippen LogP contribution in [0.5, 0.6) is 0 Å². The van der Waals surface area contributed by atoms with Crippen LogP contribution >= 0.6 is 11.8 Å². The van der Waals surface area contributed by atoms with Gasteiger partial charge in [-0.3, -0.25) is 4.79 Å². The van der Waals surface area contributed by atoms with E-state index in [0.717, 1.165) is 12.1 Å². The third-order valence-electron chi connectivity index (χ3n) is 2.03. The first-order chi connectivity index (χ1) is 8.61. The minimum atomic E-state index is -0.0419. The van der Waals surface area contributed by atoms with Gasteiger partial charge in [-0.2, -0.15) is 0 Å².